The van der Waals surface area contributed by atoms with Crippen LogP contribution in [0, 0.1) is 21.8 Å². The van der Waals surface area contributed by atoms with Crippen LogP contribution in [0.4, 0.5) is 0 Å². The maximum absolute atomic E-state index is 13.0. The second kappa shape index (κ2) is 7.25. The zero-order valence-corrected chi connectivity index (χ0v) is 15.1. The van der Waals surface area contributed by atoms with Gasteiger partial charge in [-0.05, 0) is 59.7 Å². The SMILES string of the molecule is Cc1ccc(S(=O)(=O)C(CCC#N)c2ccccc2I)cc1. The van der Waals surface area contributed by atoms with E-state index in [2.05, 4.69) is 28.7 Å². The first-order valence-corrected chi connectivity index (χ1v) is 9.51. The first-order chi connectivity index (χ1) is 10.5. The molecule has 0 aromatic heterocycles. The number of hydrogen-bond acceptors (Lipinski definition) is 3. The molecule has 0 aliphatic carbocycles. The zero-order valence-electron chi connectivity index (χ0n) is 12.2. The van der Waals surface area contributed by atoms with E-state index in [1.54, 1.807) is 24.3 Å². The lowest BCUT2D eigenvalue weighted by Gasteiger charge is -2.18. The maximum atomic E-state index is 13.0. The van der Waals surface area contributed by atoms with Crippen molar-refractivity contribution in [1.82, 2.24) is 0 Å². The Kier molecular flexibility index (Phi) is 5.59. The third-order valence-corrected chi connectivity index (χ3v) is 6.64. The summed E-state index contributed by atoms with van der Waals surface area (Å²) in [5.74, 6) is 0. The molecule has 0 amide bonds. The highest BCUT2D eigenvalue weighted by atomic mass is 127. The minimum absolute atomic E-state index is 0.209. The lowest BCUT2D eigenvalue weighted by Crippen LogP contribution is -2.15. The van der Waals surface area contributed by atoms with E-state index >= 15 is 0 Å². The van der Waals surface area contributed by atoms with Gasteiger partial charge in [-0.1, -0.05) is 35.9 Å². The van der Waals surface area contributed by atoms with Gasteiger partial charge in [0.15, 0.2) is 9.84 Å². The topological polar surface area (TPSA) is 57.9 Å². The largest absolute Gasteiger partial charge is 0.223 e. The number of halogens is 1. The Balaban J connectivity index is 2.51. The van der Waals surface area contributed by atoms with Crippen molar-refractivity contribution in [2.75, 3.05) is 0 Å². The number of rotatable bonds is 5. The number of nitriles is 1. The average Bonchev–Trinajstić information content (AvgIpc) is 2.49. The van der Waals surface area contributed by atoms with Gasteiger partial charge >= 0.3 is 0 Å². The highest BCUT2D eigenvalue weighted by molar-refractivity contribution is 14.1. The molecule has 0 heterocycles. The van der Waals surface area contributed by atoms with Gasteiger partial charge in [-0.3, -0.25) is 0 Å². The van der Waals surface area contributed by atoms with Gasteiger partial charge in [0, 0.05) is 9.99 Å². The zero-order chi connectivity index (χ0) is 16.2. The standard InChI is InChI=1S/C17H16INO2S/c1-13-8-10-14(11-9-13)22(20,21)17(7-4-12-19)15-5-2-3-6-16(15)18/h2-3,5-6,8-11,17H,4,7H2,1H3. The van der Waals surface area contributed by atoms with Gasteiger partial charge in [0.05, 0.1) is 16.2 Å². The Bertz CT molecular complexity index is 792. The van der Waals surface area contributed by atoms with Gasteiger partial charge in [-0.25, -0.2) is 8.42 Å². The van der Waals surface area contributed by atoms with E-state index in [0.29, 0.717) is 11.3 Å². The summed E-state index contributed by atoms with van der Waals surface area (Å²) in [6.07, 6.45) is 0.507. The third kappa shape index (κ3) is 3.68. The fraction of sp³-hybridized carbons (Fsp3) is 0.235. The van der Waals surface area contributed by atoms with Crippen LogP contribution in [0.5, 0.6) is 0 Å². The molecule has 0 fully saturated rings. The van der Waals surface area contributed by atoms with Crippen molar-refractivity contribution in [1.29, 1.82) is 5.26 Å². The van der Waals surface area contributed by atoms with Gasteiger partial charge in [0.2, 0.25) is 0 Å². The van der Waals surface area contributed by atoms with Crippen LogP contribution in [0.15, 0.2) is 53.4 Å². The lowest BCUT2D eigenvalue weighted by molar-refractivity contribution is 0.576. The molecule has 1 unspecified atom stereocenters. The van der Waals surface area contributed by atoms with Gasteiger partial charge in [-0.2, -0.15) is 5.26 Å². The molecule has 2 rings (SSSR count). The number of nitrogens with zero attached hydrogens (tertiary/aromatic N) is 1. The Morgan fingerprint density at radius 3 is 2.36 bits per heavy atom. The first-order valence-electron chi connectivity index (χ1n) is 6.88. The number of benzene rings is 2. The van der Waals surface area contributed by atoms with Crippen LogP contribution in [0.1, 0.15) is 29.2 Å². The summed E-state index contributed by atoms with van der Waals surface area (Å²) in [4.78, 5) is 0.306. The summed E-state index contributed by atoms with van der Waals surface area (Å²) < 4.78 is 26.9. The number of sulfone groups is 1. The highest BCUT2D eigenvalue weighted by Gasteiger charge is 2.30. The molecule has 2 aromatic carbocycles. The predicted octanol–water partition coefficient (Wildman–Crippen LogP) is 4.42. The summed E-state index contributed by atoms with van der Waals surface area (Å²) in [6.45, 7) is 1.92. The maximum Gasteiger partial charge on any atom is 0.185 e. The summed E-state index contributed by atoms with van der Waals surface area (Å²) in [5.41, 5.74) is 1.78. The van der Waals surface area contributed by atoms with Crippen molar-refractivity contribution in [3.63, 3.8) is 0 Å². The van der Waals surface area contributed by atoms with E-state index in [4.69, 9.17) is 5.26 Å². The van der Waals surface area contributed by atoms with E-state index in [-0.39, 0.29) is 6.42 Å². The first kappa shape index (κ1) is 17.0. The van der Waals surface area contributed by atoms with Crippen LogP contribution in [0.2, 0.25) is 0 Å². The number of hydrogen-bond donors (Lipinski definition) is 0. The second-order valence-electron chi connectivity index (χ2n) is 5.07. The molecular weight excluding hydrogens is 409 g/mol. The molecule has 22 heavy (non-hydrogen) atoms. The van der Waals surface area contributed by atoms with Gasteiger partial charge in [-0.15, -0.1) is 0 Å². The van der Waals surface area contributed by atoms with Gasteiger partial charge < -0.3 is 0 Å². The molecule has 0 spiro atoms. The van der Waals surface area contributed by atoms with E-state index in [1.807, 2.05) is 31.2 Å². The van der Waals surface area contributed by atoms with E-state index in [9.17, 15) is 8.42 Å². The van der Waals surface area contributed by atoms with Crippen molar-refractivity contribution in [2.45, 2.75) is 29.9 Å². The minimum atomic E-state index is -3.52. The van der Waals surface area contributed by atoms with Crippen molar-refractivity contribution in [3.8, 4) is 6.07 Å². The Morgan fingerprint density at radius 1 is 1.14 bits per heavy atom. The molecule has 0 saturated heterocycles. The van der Waals surface area contributed by atoms with E-state index in [1.165, 1.54) is 0 Å². The summed E-state index contributed by atoms with van der Waals surface area (Å²) in [7, 11) is -3.52. The second-order valence-corrected chi connectivity index (χ2v) is 8.36. The van der Waals surface area contributed by atoms with Gasteiger partial charge in [0.25, 0.3) is 0 Å². The van der Waals surface area contributed by atoms with E-state index in [0.717, 1.165) is 14.7 Å². The molecule has 5 heteroatoms. The smallest absolute Gasteiger partial charge is 0.185 e. The lowest BCUT2D eigenvalue weighted by atomic mass is 10.1. The summed E-state index contributed by atoms with van der Waals surface area (Å²) in [6, 6.07) is 16.4. The molecule has 1 atom stereocenters. The molecule has 114 valence electrons. The van der Waals surface area contributed by atoms with Crippen LogP contribution in [-0.4, -0.2) is 8.42 Å². The molecule has 0 radical (unpaired) electrons. The van der Waals surface area contributed by atoms with Crippen molar-refractivity contribution >= 4 is 32.4 Å². The van der Waals surface area contributed by atoms with Crippen LogP contribution >= 0.6 is 22.6 Å². The Labute approximate surface area is 145 Å². The summed E-state index contributed by atoms with van der Waals surface area (Å²) >= 11 is 2.14. The highest BCUT2D eigenvalue weighted by Crippen LogP contribution is 2.35. The molecule has 2 aromatic rings. The van der Waals surface area contributed by atoms with E-state index < -0.39 is 15.1 Å². The normalized spacial score (nSPS) is 12.6. The average molecular weight is 425 g/mol. The fourth-order valence-corrected chi connectivity index (χ4v) is 5.09. The van der Waals surface area contributed by atoms with Crippen molar-refractivity contribution in [3.05, 3.63) is 63.2 Å². The van der Waals surface area contributed by atoms with Crippen molar-refractivity contribution in [2.24, 2.45) is 0 Å². The fourth-order valence-electron chi connectivity index (χ4n) is 2.30. The van der Waals surface area contributed by atoms with Crippen molar-refractivity contribution < 1.29 is 8.42 Å². The minimum Gasteiger partial charge on any atom is -0.223 e. The Hall–Kier alpha value is -1.39. The van der Waals surface area contributed by atoms with Crippen LogP contribution in [0.25, 0.3) is 0 Å². The molecule has 0 aliphatic heterocycles. The molecular formula is C17H16INO2S. The predicted molar refractivity (Wildman–Crippen MR) is 95.1 cm³/mol. The summed E-state index contributed by atoms with van der Waals surface area (Å²) in [5, 5.41) is 8.17. The Morgan fingerprint density at radius 2 is 1.77 bits per heavy atom. The molecule has 3 nitrogen and oxygen atoms in total. The monoisotopic (exact) mass is 425 g/mol. The van der Waals surface area contributed by atoms with Crippen LogP contribution in [-0.2, 0) is 9.84 Å². The molecule has 0 bridgehead atoms. The van der Waals surface area contributed by atoms with Crippen LogP contribution in [0.3, 0.4) is 0 Å². The van der Waals surface area contributed by atoms with Crippen LogP contribution < -0.4 is 0 Å². The number of aryl methyl sites for hydroxylation is 1. The third-order valence-electron chi connectivity index (χ3n) is 3.49. The molecule has 0 N–H and O–H groups in total. The molecule has 0 saturated carbocycles. The quantitative estimate of drug-likeness (QED) is 0.667. The molecule has 0 aliphatic rings. The van der Waals surface area contributed by atoms with Gasteiger partial charge in [0.1, 0.15) is 0 Å².